The van der Waals surface area contributed by atoms with Gasteiger partial charge < -0.3 is 5.11 Å². The molecule has 0 radical (unpaired) electrons. The van der Waals surface area contributed by atoms with Gasteiger partial charge in [-0.15, -0.1) is 0 Å². The van der Waals surface area contributed by atoms with Gasteiger partial charge in [0.2, 0.25) is 0 Å². The van der Waals surface area contributed by atoms with E-state index in [1.165, 1.54) is 6.07 Å². The first-order valence-corrected chi connectivity index (χ1v) is 3.81. The SMILES string of the molecule is CC(N=O)c1ccccc1C(=O)O. The van der Waals surface area contributed by atoms with Gasteiger partial charge in [-0.3, -0.25) is 0 Å². The predicted molar refractivity (Wildman–Crippen MR) is 47.6 cm³/mol. The quantitative estimate of drug-likeness (QED) is 0.723. The van der Waals surface area contributed by atoms with Gasteiger partial charge in [0.15, 0.2) is 0 Å². The molecule has 13 heavy (non-hydrogen) atoms. The van der Waals surface area contributed by atoms with Gasteiger partial charge in [-0.2, -0.15) is 4.91 Å². The maximum Gasteiger partial charge on any atom is 0.336 e. The van der Waals surface area contributed by atoms with E-state index in [1.807, 2.05) is 0 Å². The number of nitrogens with zero attached hydrogens (tertiary/aromatic N) is 1. The third-order valence-corrected chi connectivity index (χ3v) is 1.80. The highest BCUT2D eigenvalue weighted by molar-refractivity contribution is 5.89. The normalized spacial score (nSPS) is 12.1. The largest absolute Gasteiger partial charge is 0.478 e. The summed E-state index contributed by atoms with van der Waals surface area (Å²) >= 11 is 0. The van der Waals surface area contributed by atoms with Crippen LogP contribution in [0.3, 0.4) is 0 Å². The van der Waals surface area contributed by atoms with Crippen LogP contribution in [-0.2, 0) is 0 Å². The van der Waals surface area contributed by atoms with Gasteiger partial charge in [0, 0.05) is 0 Å². The summed E-state index contributed by atoms with van der Waals surface area (Å²) in [5.41, 5.74) is 0.583. The van der Waals surface area contributed by atoms with Crippen LogP contribution in [0.4, 0.5) is 0 Å². The van der Waals surface area contributed by atoms with Crippen molar-refractivity contribution in [2.75, 3.05) is 0 Å². The highest BCUT2D eigenvalue weighted by Crippen LogP contribution is 2.20. The Morgan fingerprint density at radius 1 is 1.46 bits per heavy atom. The van der Waals surface area contributed by atoms with Crippen LogP contribution >= 0.6 is 0 Å². The first kappa shape index (κ1) is 9.38. The molecule has 1 atom stereocenters. The molecule has 4 heteroatoms. The second kappa shape index (κ2) is 3.80. The zero-order valence-electron chi connectivity index (χ0n) is 7.10. The fourth-order valence-corrected chi connectivity index (χ4v) is 1.11. The molecule has 0 heterocycles. The van der Waals surface area contributed by atoms with Crippen molar-refractivity contribution in [3.63, 3.8) is 0 Å². The fraction of sp³-hybridized carbons (Fsp3) is 0.222. The van der Waals surface area contributed by atoms with Gasteiger partial charge >= 0.3 is 5.97 Å². The monoisotopic (exact) mass is 179 g/mol. The molecule has 0 aliphatic carbocycles. The van der Waals surface area contributed by atoms with Gasteiger partial charge in [-0.1, -0.05) is 23.4 Å². The molecule has 0 fully saturated rings. The number of benzene rings is 1. The highest BCUT2D eigenvalue weighted by atomic mass is 16.4. The third kappa shape index (κ3) is 1.90. The van der Waals surface area contributed by atoms with Crippen LogP contribution < -0.4 is 0 Å². The Morgan fingerprint density at radius 3 is 2.62 bits per heavy atom. The van der Waals surface area contributed by atoms with E-state index < -0.39 is 12.0 Å². The number of carbonyl (C=O) groups is 1. The topological polar surface area (TPSA) is 66.7 Å². The fourth-order valence-electron chi connectivity index (χ4n) is 1.11. The average Bonchev–Trinajstić information content (AvgIpc) is 2.16. The molecule has 1 rings (SSSR count). The summed E-state index contributed by atoms with van der Waals surface area (Å²) in [7, 11) is 0. The number of hydrogen-bond acceptors (Lipinski definition) is 3. The van der Waals surface area contributed by atoms with Crippen molar-refractivity contribution in [1.82, 2.24) is 0 Å². The molecule has 1 N–H and O–H groups in total. The van der Waals surface area contributed by atoms with Crippen LogP contribution in [0.1, 0.15) is 28.9 Å². The Labute approximate surface area is 75.2 Å². The minimum absolute atomic E-state index is 0.134. The Balaban J connectivity index is 3.19. The van der Waals surface area contributed by atoms with Gasteiger partial charge in [0.05, 0.1) is 5.56 Å². The van der Waals surface area contributed by atoms with Crippen molar-refractivity contribution in [2.24, 2.45) is 5.18 Å². The van der Waals surface area contributed by atoms with Crippen LogP contribution in [0, 0.1) is 4.91 Å². The lowest BCUT2D eigenvalue weighted by Gasteiger charge is -2.05. The maximum absolute atomic E-state index is 10.7. The first-order valence-electron chi connectivity index (χ1n) is 3.81. The van der Waals surface area contributed by atoms with Gasteiger partial charge in [-0.05, 0) is 18.6 Å². The van der Waals surface area contributed by atoms with Crippen molar-refractivity contribution >= 4 is 5.97 Å². The summed E-state index contributed by atoms with van der Waals surface area (Å²) in [5.74, 6) is -1.04. The van der Waals surface area contributed by atoms with Crippen LogP contribution in [0.25, 0.3) is 0 Å². The Kier molecular flexibility index (Phi) is 2.74. The van der Waals surface area contributed by atoms with E-state index in [2.05, 4.69) is 5.18 Å². The van der Waals surface area contributed by atoms with Crippen molar-refractivity contribution < 1.29 is 9.90 Å². The zero-order valence-corrected chi connectivity index (χ0v) is 7.10. The van der Waals surface area contributed by atoms with Gasteiger partial charge in [-0.25, -0.2) is 4.79 Å². The molecule has 4 nitrogen and oxygen atoms in total. The lowest BCUT2D eigenvalue weighted by molar-refractivity contribution is 0.0695. The Bertz CT molecular complexity index is 335. The number of rotatable bonds is 3. The summed E-state index contributed by atoms with van der Waals surface area (Å²) in [6.45, 7) is 1.56. The average molecular weight is 179 g/mol. The number of nitroso groups, excluding NO2 is 1. The van der Waals surface area contributed by atoms with Crippen molar-refractivity contribution in [3.8, 4) is 0 Å². The van der Waals surface area contributed by atoms with Crippen molar-refractivity contribution in [2.45, 2.75) is 13.0 Å². The molecule has 1 aromatic carbocycles. The summed E-state index contributed by atoms with van der Waals surface area (Å²) in [6.07, 6.45) is 0. The van der Waals surface area contributed by atoms with Crippen molar-refractivity contribution in [1.29, 1.82) is 0 Å². The molecule has 68 valence electrons. The van der Waals surface area contributed by atoms with E-state index in [0.717, 1.165) is 0 Å². The molecule has 1 unspecified atom stereocenters. The first-order chi connectivity index (χ1) is 6.16. The number of aromatic carboxylic acids is 1. The molecule has 0 bridgehead atoms. The van der Waals surface area contributed by atoms with Crippen molar-refractivity contribution in [3.05, 3.63) is 40.3 Å². The van der Waals surface area contributed by atoms with Crippen LogP contribution in [0.2, 0.25) is 0 Å². The van der Waals surface area contributed by atoms with E-state index in [4.69, 9.17) is 5.11 Å². The molecule has 0 saturated heterocycles. The number of hydrogen-bond donors (Lipinski definition) is 1. The minimum atomic E-state index is -1.04. The minimum Gasteiger partial charge on any atom is -0.478 e. The maximum atomic E-state index is 10.7. The molecule has 0 aliphatic rings. The van der Waals surface area contributed by atoms with E-state index >= 15 is 0 Å². The summed E-state index contributed by atoms with van der Waals surface area (Å²) in [6, 6.07) is 5.73. The molecular formula is C9H9NO3. The predicted octanol–water partition coefficient (Wildman–Crippen LogP) is 2.21. The molecule has 0 spiro atoms. The standard InChI is InChI=1S/C9H9NO3/c1-6(10-13)7-4-2-3-5-8(7)9(11)12/h2-6H,1H3,(H,11,12). The lowest BCUT2D eigenvalue weighted by atomic mass is 10.0. The van der Waals surface area contributed by atoms with Crippen LogP contribution in [-0.4, -0.2) is 11.1 Å². The lowest BCUT2D eigenvalue weighted by Crippen LogP contribution is -2.03. The second-order valence-corrected chi connectivity index (χ2v) is 2.67. The van der Waals surface area contributed by atoms with Gasteiger partial charge in [0.25, 0.3) is 0 Å². The number of carboxylic acids is 1. The van der Waals surface area contributed by atoms with Crippen LogP contribution in [0.15, 0.2) is 29.4 Å². The number of carboxylic acid groups (broad SMARTS) is 1. The van der Waals surface area contributed by atoms with E-state index in [-0.39, 0.29) is 5.56 Å². The van der Waals surface area contributed by atoms with Crippen LogP contribution in [0.5, 0.6) is 0 Å². The Hall–Kier alpha value is -1.71. The molecule has 0 aromatic heterocycles. The zero-order chi connectivity index (χ0) is 9.84. The summed E-state index contributed by atoms with van der Waals surface area (Å²) < 4.78 is 0. The second-order valence-electron chi connectivity index (χ2n) is 2.67. The smallest absolute Gasteiger partial charge is 0.336 e. The molecular weight excluding hydrogens is 170 g/mol. The van der Waals surface area contributed by atoms with Gasteiger partial charge in [0.1, 0.15) is 6.04 Å². The Morgan fingerprint density at radius 2 is 2.08 bits per heavy atom. The molecule has 0 saturated carbocycles. The van der Waals surface area contributed by atoms with E-state index in [1.54, 1.807) is 25.1 Å². The van der Waals surface area contributed by atoms with E-state index in [9.17, 15) is 9.70 Å². The third-order valence-electron chi connectivity index (χ3n) is 1.80. The molecule has 1 aromatic rings. The molecule has 0 aliphatic heterocycles. The summed E-state index contributed by atoms with van der Waals surface area (Å²) in [4.78, 5) is 20.9. The van der Waals surface area contributed by atoms with E-state index in [0.29, 0.717) is 5.56 Å². The summed E-state index contributed by atoms with van der Waals surface area (Å²) in [5, 5.41) is 11.6. The highest BCUT2D eigenvalue weighted by Gasteiger charge is 2.14. The molecule has 0 amide bonds.